The second-order valence-corrected chi connectivity index (χ2v) is 13.9. The molecule has 0 aliphatic heterocycles. The molecular formula is C49H33N3. The van der Waals surface area contributed by atoms with Crippen molar-refractivity contribution in [2.75, 3.05) is 0 Å². The van der Waals surface area contributed by atoms with Crippen molar-refractivity contribution in [2.24, 2.45) is 5.73 Å². The number of benzene rings is 8. The van der Waals surface area contributed by atoms with Gasteiger partial charge in [-0.05, 0) is 95.1 Å². The minimum absolute atomic E-state index is 0.845. The molecule has 0 saturated heterocycles. The van der Waals surface area contributed by atoms with Crippen LogP contribution in [-0.4, -0.2) is 9.13 Å². The molecule has 244 valence electrons. The molecular weight excluding hydrogens is 631 g/mol. The van der Waals surface area contributed by atoms with Crippen LogP contribution in [0.4, 0.5) is 0 Å². The largest absolute Gasteiger partial charge is 0.398 e. The number of fused-ring (bicyclic) bond motifs is 7. The Balaban J connectivity index is 1.17. The van der Waals surface area contributed by atoms with Gasteiger partial charge in [-0.15, -0.1) is 0 Å². The maximum atomic E-state index is 6.77. The fraction of sp³-hybridized carbons (Fsp3) is 0.0204. The van der Waals surface area contributed by atoms with Crippen molar-refractivity contribution in [3.63, 3.8) is 0 Å². The normalized spacial score (nSPS) is 13.0. The number of para-hydroxylation sites is 2. The van der Waals surface area contributed by atoms with Gasteiger partial charge in [-0.2, -0.15) is 0 Å². The van der Waals surface area contributed by atoms with Crippen LogP contribution in [0.25, 0.3) is 98.9 Å². The summed E-state index contributed by atoms with van der Waals surface area (Å²) in [4.78, 5) is 0. The number of allylic oxidation sites excluding steroid dienone is 3. The molecule has 0 unspecified atom stereocenters. The van der Waals surface area contributed by atoms with Crippen molar-refractivity contribution in [3.8, 4) is 22.5 Å². The quantitative estimate of drug-likeness (QED) is 0.200. The Labute approximate surface area is 300 Å². The first kappa shape index (κ1) is 28.9. The Morgan fingerprint density at radius 2 is 1.10 bits per heavy atom. The molecule has 1 aliphatic carbocycles. The van der Waals surface area contributed by atoms with Crippen LogP contribution in [0.2, 0.25) is 0 Å². The summed E-state index contributed by atoms with van der Waals surface area (Å²) in [6, 6.07) is 57.8. The zero-order valence-electron chi connectivity index (χ0n) is 28.6. The third kappa shape index (κ3) is 3.96. The van der Waals surface area contributed by atoms with Gasteiger partial charge in [-0.25, -0.2) is 0 Å². The Morgan fingerprint density at radius 1 is 0.462 bits per heavy atom. The minimum atomic E-state index is 0.845. The molecule has 3 nitrogen and oxygen atoms in total. The summed E-state index contributed by atoms with van der Waals surface area (Å²) in [5.74, 6) is 0. The molecule has 0 fully saturated rings. The van der Waals surface area contributed by atoms with Crippen LogP contribution in [0, 0.1) is 0 Å². The van der Waals surface area contributed by atoms with E-state index in [1.165, 1.54) is 87.5 Å². The molecule has 52 heavy (non-hydrogen) atoms. The van der Waals surface area contributed by atoms with Crippen LogP contribution in [-0.2, 0) is 0 Å². The summed E-state index contributed by atoms with van der Waals surface area (Å²) in [6.45, 7) is 2.05. The van der Waals surface area contributed by atoms with E-state index in [1.54, 1.807) is 0 Å². The lowest BCUT2D eigenvalue weighted by Crippen LogP contribution is -1.98. The lowest BCUT2D eigenvalue weighted by atomic mass is 9.99. The summed E-state index contributed by atoms with van der Waals surface area (Å²) in [5.41, 5.74) is 20.6. The minimum Gasteiger partial charge on any atom is -0.398 e. The van der Waals surface area contributed by atoms with Crippen LogP contribution in [0.5, 0.6) is 0 Å². The Morgan fingerprint density at radius 3 is 1.88 bits per heavy atom. The predicted octanol–water partition coefficient (Wildman–Crippen LogP) is 12.6. The highest BCUT2D eigenvalue weighted by Gasteiger charge is 2.24. The average Bonchev–Trinajstić information content (AvgIpc) is 3.79. The molecule has 0 spiro atoms. The van der Waals surface area contributed by atoms with E-state index < -0.39 is 0 Å². The van der Waals surface area contributed by atoms with E-state index in [4.69, 9.17) is 5.73 Å². The fourth-order valence-electron chi connectivity index (χ4n) is 8.82. The molecule has 0 radical (unpaired) electrons. The van der Waals surface area contributed by atoms with Gasteiger partial charge >= 0.3 is 0 Å². The van der Waals surface area contributed by atoms with Crippen molar-refractivity contribution < 1.29 is 0 Å². The zero-order chi connectivity index (χ0) is 34.5. The number of nitrogens with zero attached hydrogens (tertiary/aromatic N) is 2. The second kappa shape index (κ2) is 10.8. The van der Waals surface area contributed by atoms with Crippen LogP contribution >= 0.6 is 0 Å². The number of nitrogens with two attached hydrogens (primary N) is 1. The van der Waals surface area contributed by atoms with Gasteiger partial charge in [0, 0.05) is 54.8 Å². The summed E-state index contributed by atoms with van der Waals surface area (Å²) in [6.07, 6.45) is 4.21. The van der Waals surface area contributed by atoms with Crippen molar-refractivity contribution in [3.05, 3.63) is 181 Å². The van der Waals surface area contributed by atoms with Crippen molar-refractivity contribution in [2.45, 2.75) is 6.92 Å². The first-order chi connectivity index (χ1) is 25.7. The van der Waals surface area contributed by atoms with Gasteiger partial charge in [0.1, 0.15) is 0 Å². The second-order valence-electron chi connectivity index (χ2n) is 13.9. The number of hydrogen-bond acceptors (Lipinski definition) is 1. The summed E-state index contributed by atoms with van der Waals surface area (Å²) in [7, 11) is 0. The molecule has 0 saturated carbocycles. The lowest BCUT2D eigenvalue weighted by Gasteiger charge is -2.14. The van der Waals surface area contributed by atoms with Crippen LogP contribution in [0.3, 0.4) is 0 Å². The van der Waals surface area contributed by atoms with E-state index in [1.807, 2.05) is 6.92 Å². The van der Waals surface area contributed by atoms with E-state index in [0.29, 0.717) is 0 Å². The highest BCUT2D eigenvalue weighted by molar-refractivity contribution is 6.19. The monoisotopic (exact) mass is 663 g/mol. The third-order valence-electron chi connectivity index (χ3n) is 11.1. The molecule has 0 bridgehead atoms. The maximum Gasteiger partial charge on any atom is 0.0547 e. The maximum absolute atomic E-state index is 6.77. The van der Waals surface area contributed by atoms with Gasteiger partial charge < -0.3 is 14.9 Å². The smallest absolute Gasteiger partial charge is 0.0547 e. The molecule has 11 rings (SSSR count). The number of hydrogen-bond donors (Lipinski definition) is 1. The Bertz CT molecular complexity index is 3190. The molecule has 2 heterocycles. The van der Waals surface area contributed by atoms with Crippen molar-refractivity contribution in [1.82, 2.24) is 9.13 Å². The molecule has 0 amide bonds. The fourth-order valence-corrected chi connectivity index (χ4v) is 8.82. The van der Waals surface area contributed by atoms with Gasteiger partial charge in [-0.1, -0.05) is 109 Å². The molecule has 2 N–H and O–H groups in total. The van der Waals surface area contributed by atoms with Gasteiger partial charge in [0.25, 0.3) is 0 Å². The van der Waals surface area contributed by atoms with Crippen molar-refractivity contribution >= 4 is 76.4 Å². The summed E-state index contributed by atoms with van der Waals surface area (Å²) in [5, 5.41) is 9.88. The average molecular weight is 664 g/mol. The van der Waals surface area contributed by atoms with E-state index in [9.17, 15) is 0 Å². The third-order valence-corrected chi connectivity index (χ3v) is 11.1. The van der Waals surface area contributed by atoms with Crippen LogP contribution < -0.4 is 5.73 Å². The zero-order valence-corrected chi connectivity index (χ0v) is 28.6. The standard InChI is InChI=1S/C49H33N3/c1-2-11-37-36-17-10-18-38-44(25-22-39(48(36)38)49(37)50)52-46-24-21-33(28-41(46)42-26-30-12-6-7-13-31(30)29-47(42)52)32-20-23-45-40(27-32)35-16-8-9-19-43(35)51(45)34-14-4-3-5-15-34/h2-29H,50H2,1H3/b11-2-. The topological polar surface area (TPSA) is 35.9 Å². The molecule has 3 heteroatoms. The molecule has 1 aliphatic rings. The molecule has 10 aromatic rings. The van der Waals surface area contributed by atoms with Gasteiger partial charge in [0.15, 0.2) is 0 Å². The Hall–Kier alpha value is -6.84. The molecule has 0 atom stereocenters. The van der Waals surface area contributed by atoms with Gasteiger partial charge in [0.2, 0.25) is 0 Å². The molecule has 2 aromatic heterocycles. The van der Waals surface area contributed by atoms with Crippen LogP contribution in [0.1, 0.15) is 18.1 Å². The molecule has 8 aromatic carbocycles. The van der Waals surface area contributed by atoms with Gasteiger partial charge in [0.05, 0.1) is 27.8 Å². The summed E-state index contributed by atoms with van der Waals surface area (Å²) >= 11 is 0. The number of aromatic nitrogens is 2. The van der Waals surface area contributed by atoms with E-state index in [-0.39, 0.29) is 0 Å². The number of rotatable bonds is 4. The Kier molecular flexibility index (Phi) is 6.03. The van der Waals surface area contributed by atoms with E-state index >= 15 is 0 Å². The SMILES string of the molecule is C/C=C\C1=C(N)c2ccc(-n3c4ccc(-c5ccc6c(c5)c5ccccc5n6-c5ccccc5)cc4c4cc5ccccc5cc43)c3cccc1c23. The highest BCUT2D eigenvalue weighted by Crippen LogP contribution is 2.45. The lowest BCUT2D eigenvalue weighted by molar-refractivity contribution is 1.18. The van der Waals surface area contributed by atoms with Crippen molar-refractivity contribution in [1.29, 1.82) is 0 Å². The highest BCUT2D eigenvalue weighted by atomic mass is 15.0. The van der Waals surface area contributed by atoms with E-state index in [0.717, 1.165) is 22.5 Å². The first-order valence-corrected chi connectivity index (χ1v) is 17.9. The van der Waals surface area contributed by atoms with E-state index in [2.05, 4.69) is 179 Å². The summed E-state index contributed by atoms with van der Waals surface area (Å²) < 4.78 is 4.84. The van der Waals surface area contributed by atoms with Crippen LogP contribution in [0.15, 0.2) is 170 Å². The predicted molar refractivity (Wildman–Crippen MR) is 221 cm³/mol. The van der Waals surface area contributed by atoms with Gasteiger partial charge in [-0.3, -0.25) is 0 Å². The first-order valence-electron chi connectivity index (χ1n) is 17.9.